The van der Waals surface area contributed by atoms with Crippen LogP contribution < -0.4 is 10.5 Å². The first kappa shape index (κ1) is 15.5. The normalized spacial score (nSPS) is 13.8. The van der Waals surface area contributed by atoms with Crippen LogP contribution in [0.1, 0.15) is 25.3 Å². The maximum absolute atomic E-state index is 10.9. The van der Waals surface area contributed by atoms with Gasteiger partial charge >= 0.3 is 5.97 Å². The molecule has 0 aromatic heterocycles. The predicted octanol–water partition coefficient (Wildman–Crippen LogP) is 2.31. The van der Waals surface area contributed by atoms with Crippen molar-refractivity contribution in [2.75, 3.05) is 13.7 Å². The second kappa shape index (κ2) is 7.79. The number of benzene rings is 1. The number of hydrogen-bond donors (Lipinski definition) is 2. The van der Waals surface area contributed by atoms with Crippen LogP contribution in [0.5, 0.6) is 5.75 Å². The van der Waals surface area contributed by atoms with Gasteiger partial charge in [-0.15, -0.1) is 0 Å². The number of hydrogen-bond acceptors (Lipinski definition) is 3. The van der Waals surface area contributed by atoms with Gasteiger partial charge in [-0.05, 0) is 42.9 Å². The summed E-state index contributed by atoms with van der Waals surface area (Å²) in [6.45, 7) is 2.29. The molecule has 0 amide bonds. The smallest absolute Gasteiger partial charge is 0.307 e. The number of carbonyl (C=O) groups is 1. The van der Waals surface area contributed by atoms with Gasteiger partial charge < -0.3 is 15.6 Å². The third-order valence-corrected chi connectivity index (χ3v) is 3.41. The Morgan fingerprint density at radius 2 is 2.00 bits per heavy atom. The molecule has 0 spiro atoms. The van der Waals surface area contributed by atoms with E-state index in [1.54, 1.807) is 7.11 Å². The van der Waals surface area contributed by atoms with Gasteiger partial charge in [0.05, 0.1) is 13.0 Å². The van der Waals surface area contributed by atoms with Crippen molar-refractivity contribution in [3.63, 3.8) is 0 Å². The molecule has 3 N–H and O–H groups in total. The summed E-state index contributed by atoms with van der Waals surface area (Å²) in [5.41, 5.74) is 6.71. The number of rotatable bonds is 8. The van der Waals surface area contributed by atoms with Crippen LogP contribution >= 0.6 is 0 Å². The fourth-order valence-corrected chi connectivity index (χ4v) is 2.11. The Kier molecular flexibility index (Phi) is 6.36. The molecule has 0 aliphatic rings. The van der Waals surface area contributed by atoms with Gasteiger partial charge in [-0.25, -0.2) is 0 Å². The topological polar surface area (TPSA) is 72.5 Å². The Hall–Kier alpha value is -1.55. The Morgan fingerprint density at radius 3 is 2.47 bits per heavy atom. The molecule has 0 aliphatic carbocycles. The maximum Gasteiger partial charge on any atom is 0.307 e. The standard InChI is InChI=1S/C15H23NO3/c1-11(9-13(10-16)15(17)18)3-4-12-5-7-14(19-2)8-6-12/h5-8,11,13H,3-4,9-10,16H2,1-2H3,(H,17,18). The first-order valence-electron chi connectivity index (χ1n) is 6.62. The summed E-state index contributed by atoms with van der Waals surface area (Å²) in [4.78, 5) is 10.9. The molecule has 1 rings (SSSR count). The Labute approximate surface area is 114 Å². The van der Waals surface area contributed by atoms with Crippen molar-refractivity contribution in [2.45, 2.75) is 26.2 Å². The summed E-state index contributed by atoms with van der Waals surface area (Å²) < 4.78 is 5.11. The lowest BCUT2D eigenvalue weighted by Gasteiger charge is -2.16. The molecule has 1 aromatic carbocycles. The number of methoxy groups -OCH3 is 1. The summed E-state index contributed by atoms with van der Waals surface area (Å²) in [7, 11) is 1.65. The predicted molar refractivity (Wildman–Crippen MR) is 75.3 cm³/mol. The third kappa shape index (κ3) is 5.30. The fraction of sp³-hybridized carbons (Fsp3) is 0.533. The molecule has 0 saturated heterocycles. The van der Waals surface area contributed by atoms with Gasteiger partial charge in [0.2, 0.25) is 0 Å². The zero-order chi connectivity index (χ0) is 14.3. The van der Waals surface area contributed by atoms with E-state index in [1.165, 1.54) is 5.56 Å². The Morgan fingerprint density at radius 1 is 1.37 bits per heavy atom. The van der Waals surface area contributed by atoms with E-state index < -0.39 is 11.9 Å². The highest BCUT2D eigenvalue weighted by Crippen LogP contribution is 2.19. The lowest BCUT2D eigenvalue weighted by molar-refractivity contribution is -0.141. The van der Waals surface area contributed by atoms with Crippen molar-refractivity contribution < 1.29 is 14.6 Å². The molecule has 2 atom stereocenters. The average Bonchev–Trinajstić information content (AvgIpc) is 2.42. The van der Waals surface area contributed by atoms with Gasteiger partial charge in [0.25, 0.3) is 0 Å². The molecule has 4 heteroatoms. The minimum Gasteiger partial charge on any atom is -0.497 e. The van der Waals surface area contributed by atoms with Crippen molar-refractivity contribution in [2.24, 2.45) is 17.6 Å². The van der Waals surface area contributed by atoms with Gasteiger partial charge in [-0.2, -0.15) is 0 Å². The van der Waals surface area contributed by atoms with E-state index in [0.29, 0.717) is 12.3 Å². The second-order valence-corrected chi connectivity index (χ2v) is 5.00. The fourth-order valence-electron chi connectivity index (χ4n) is 2.11. The van der Waals surface area contributed by atoms with E-state index >= 15 is 0 Å². The third-order valence-electron chi connectivity index (χ3n) is 3.41. The van der Waals surface area contributed by atoms with Crippen molar-refractivity contribution in [3.8, 4) is 5.75 Å². The quantitative estimate of drug-likeness (QED) is 0.756. The molecule has 0 radical (unpaired) electrons. The van der Waals surface area contributed by atoms with Crippen molar-refractivity contribution in [1.29, 1.82) is 0 Å². The molecule has 0 heterocycles. The van der Waals surface area contributed by atoms with Crippen LogP contribution in [0.4, 0.5) is 0 Å². The van der Waals surface area contributed by atoms with E-state index in [4.69, 9.17) is 15.6 Å². The van der Waals surface area contributed by atoms with Crippen LogP contribution in [0.25, 0.3) is 0 Å². The Balaban J connectivity index is 2.40. The number of ether oxygens (including phenoxy) is 1. The van der Waals surface area contributed by atoms with E-state index in [2.05, 4.69) is 6.92 Å². The number of carboxylic acids is 1. The number of aliphatic carboxylic acids is 1. The van der Waals surface area contributed by atoms with Gasteiger partial charge in [-0.1, -0.05) is 19.1 Å². The van der Waals surface area contributed by atoms with E-state index in [0.717, 1.165) is 18.6 Å². The highest BCUT2D eigenvalue weighted by atomic mass is 16.5. The summed E-state index contributed by atoms with van der Waals surface area (Å²) in [6, 6.07) is 7.98. The van der Waals surface area contributed by atoms with Crippen LogP contribution in [-0.2, 0) is 11.2 Å². The largest absolute Gasteiger partial charge is 0.497 e. The van der Waals surface area contributed by atoms with Gasteiger partial charge in [0.15, 0.2) is 0 Å². The van der Waals surface area contributed by atoms with Crippen LogP contribution in [0, 0.1) is 11.8 Å². The molecule has 4 nitrogen and oxygen atoms in total. The minimum absolute atomic E-state index is 0.211. The lowest BCUT2D eigenvalue weighted by Crippen LogP contribution is -2.25. The van der Waals surface area contributed by atoms with Gasteiger partial charge in [0, 0.05) is 6.54 Å². The van der Waals surface area contributed by atoms with Crippen LogP contribution in [0.15, 0.2) is 24.3 Å². The first-order valence-corrected chi connectivity index (χ1v) is 6.62. The van der Waals surface area contributed by atoms with Crippen molar-refractivity contribution in [1.82, 2.24) is 0 Å². The zero-order valence-electron chi connectivity index (χ0n) is 11.6. The monoisotopic (exact) mass is 265 g/mol. The molecule has 1 aromatic rings. The molecule has 106 valence electrons. The van der Waals surface area contributed by atoms with E-state index in [9.17, 15) is 4.79 Å². The van der Waals surface area contributed by atoms with Crippen LogP contribution in [0.2, 0.25) is 0 Å². The number of nitrogens with two attached hydrogens (primary N) is 1. The second-order valence-electron chi connectivity index (χ2n) is 5.00. The number of carboxylic acid groups (broad SMARTS) is 1. The zero-order valence-corrected chi connectivity index (χ0v) is 11.6. The summed E-state index contributed by atoms with van der Waals surface area (Å²) in [5.74, 6) is -0.0118. The average molecular weight is 265 g/mol. The van der Waals surface area contributed by atoms with Gasteiger partial charge in [-0.3, -0.25) is 4.79 Å². The van der Waals surface area contributed by atoms with Crippen molar-refractivity contribution in [3.05, 3.63) is 29.8 Å². The van der Waals surface area contributed by atoms with Gasteiger partial charge in [0.1, 0.15) is 5.75 Å². The SMILES string of the molecule is COc1ccc(CCC(C)CC(CN)C(=O)O)cc1. The highest BCUT2D eigenvalue weighted by Gasteiger charge is 2.18. The number of aryl methyl sites for hydroxylation is 1. The molecule has 0 saturated carbocycles. The van der Waals surface area contributed by atoms with Crippen LogP contribution in [-0.4, -0.2) is 24.7 Å². The molecule has 2 unspecified atom stereocenters. The molecular weight excluding hydrogens is 242 g/mol. The van der Waals surface area contributed by atoms with Crippen molar-refractivity contribution >= 4 is 5.97 Å². The maximum atomic E-state index is 10.9. The first-order chi connectivity index (χ1) is 9.06. The molecule has 0 fully saturated rings. The molecule has 0 aliphatic heterocycles. The molecule has 0 bridgehead atoms. The van der Waals surface area contributed by atoms with E-state index in [1.807, 2.05) is 24.3 Å². The Bertz CT molecular complexity index is 389. The minimum atomic E-state index is -0.793. The molecule has 19 heavy (non-hydrogen) atoms. The summed E-state index contributed by atoms with van der Waals surface area (Å²) >= 11 is 0. The van der Waals surface area contributed by atoms with Crippen LogP contribution in [0.3, 0.4) is 0 Å². The summed E-state index contributed by atoms with van der Waals surface area (Å²) in [5, 5.41) is 8.97. The highest BCUT2D eigenvalue weighted by molar-refractivity contribution is 5.70. The summed E-state index contributed by atoms with van der Waals surface area (Å²) in [6.07, 6.45) is 2.56. The van der Waals surface area contributed by atoms with E-state index in [-0.39, 0.29) is 6.54 Å². The molecular formula is C15H23NO3. The lowest BCUT2D eigenvalue weighted by atomic mass is 9.91.